The Morgan fingerprint density at radius 1 is 1.43 bits per heavy atom. The van der Waals surface area contributed by atoms with E-state index in [0.717, 1.165) is 0 Å². The van der Waals surface area contributed by atoms with Crippen LogP contribution < -0.4 is 5.32 Å². The predicted molar refractivity (Wildman–Crippen MR) is 76.7 cm³/mol. The van der Waals surface area contributed by atoms with Crippen molar-refractivity contribution < 1.29 is 24.2 Å². The van der Waals surface area contributed by atoms with Crippen molar-refractivity contribution >= 4 is 11.8 Å². The first-order chi connectivity index (χ1) is 9.89. The SMILES string of the molecule is COCCN1CC(C(=O)NCC(C)(O)CCOC)CC1=O. The number of rotatable bonds is 9. The van der Waals surface area contributed by atoms with Gasteiger partial charge in [-0.15, -0.1) is 0 Å². The number of nitrogens with zero attached hydrogens (tertiary/aromatic N) is 1. The van der Waals surface area contributed by atoms with Gasteiger partial charge in [0.15, 0.2) is 0 Å². The third-order valence-electron chi connectivity index (χ3n) is 3.64. The highest BCUT2D eigenvalue weighted by molar-refractivity contribution is 5.89. The first-order valence-electron chi connectivity index (χ1n) is 7.15. The van der Waals surface area contributed by atoms with Gasteiger partial charge in [0.25, 0.3) is 0 Å². The van der Waals surface area contributed by atoms with Crippen LogP contribution in [-0.4, -0.2) is 74.5 Å². The molecule has 122 valence electrons. The number of methoxy groups -OCH3 is 2. The molecule has 1 rings (SSSR count). The Bertz CT molecular complexity index is 359. The summed E-state index contributed by atoms with van der Waals surface area (Å²) in [4.78, 5) is 25.5. The summed E-state index contributed by atoms with van der Waals surface area (Å²) in [6.07, 6.45) is 0.656. The van der Waals surface area contributed by atoms with Crippen LogP contribution in [-0.2, 0) is 19.1 Å². The predicted octanol–water partition coefficient (Wildman–Crippen LogP) is -0.615. The Hall–Kier alpha value is -1.18. The minimum atomic E-state index is -1.01. The second kappa shape index (κ2) is 8.31. The van der Waals surface area contributed by atoms with E-state index in [-0.39, 0.29) is 30.7 Å². The van der Waals surface area contributed by atoms with E-state index in [2.05, 4.69) is 5.32 Å². The quantitative estimate of drug-likeness (QED) is 0.593. The summed E-state index contributed by atoms with van der Waals surface area (Å²) in [5, 5.41) is 12.8. The smallest absolute Gasteiger partial charge is 0.225 e. The molecule has 1 aliphatic rings. The van der Waals surface area contributed by atoms with E-state index in [1.807, 2.05) is 0 Å². The summed E-state index contributed by atoms with van der Waals surface area (Å²) in [6.45, 7) is 3.61. The number of carbonyl (C=O) groups is 2. The third kappa shape index (κ3) is 5.99. The molecule has 0 aliphatic carbocycles. The number of hydrogen-bond acceptors (Lipinski definition) is 5. The molecule has 2 N–H and O–H groups in total. The molecule has 21 heavy (non-hydrogen) atoms. The van der Waals surface area contributed by atoms with Gasteiger partial charge in [-0.05, 0) is 6.92 Å². The molecule has 0 bridgehead atoms. The molecule has 7 nitrogen and oxygen atoms in total. The van der Waals surface area contributed by atoms with E-state index in [1.54, 1.807) is 26.0 Å². The standard InChI is InChI=1S/C14H26N2O5/c1-14(19,4-6-20-2)10-15-13(18)11-8-12(17)16(9-11)5-7-21-3/h11,19H,4-10H2,1-3H3,(H,15,18). The van der Waals surface area contributed by atoms with Crippen LogP contribution in [0.5, 0.6) is 0 Å². The molecule has 0 aromatic rings. The highest BCUT2D eigenvalue weighted by Crippen LogP contribution is 2.18. The second-order valence-electron chi connectivity index (χ2n) is 5.69. The number of hydrogen-bond donors (Lipinski definition) is 2. The van der Waals surface area contributed by atoms with Crippen molar-refractivity contribution in [2.24, 2.45) is 5.92 Å². The zero-order valence-electron chi connectivity index (χ0n) is 13.1. The molecule has 7 heteroatoms. The molecule has 0 aromatic carbocycles. The summed E-state index contributed by atoms with van der Waals surface area (Å²) in [6, 6.07) is 0. The number of ether oxygens (including phenoxy) is 2. The maximum absolute atomic E-state index is 12.1. The molecule has 2 atom stereocenters. The van der Waals surface area contributed by atoms with Crippen LogP contribution in [0.3, 0.4) is 0 Å². The maximum Gasteiger partial charge on any atom is 0.225 e. The fraction of sp³-hybridized carbons (Fsp3) is 0.857. The Kier molecular flexibility index (Phi) is 7.07. The first-order valence-corrected chi connectivity index (χ1v) is 7.15. The van der Waals surface area contributed by atoms with Gasteiger partial charge in [-0.1, -0.05) is 0 Å². The molecular formula is C14H26N2O5. The lowest BCUT2D eigenvalue weighted by molar-refractivity contribution is -0.129. The van der Waals surface area contributed by atoms with Crippen molar-refractivity contribution in [1.82, 2.24) is 10.2 Å². The van der Waals surface area contributed by atoms with Gasteiger partial charge in [-0.3, -0.25) is 9.59 Å². The van der Waals surface area contributed by atoms with Gasteiger partial charge in [0.1, 0.15) is 0 Å². The Labute approximate surface area is 125 Å². The second-order valence-corrected chi connectivity index (χ2v) is 5.69. The summed E-state index contributed by atoms with van der Waals surface area (Å²) in [7, 11) is 3.14. The lowest BCUT2D eigenvalue weighted by Crippen LogP contribution is -2.44. The van der Waals surface area contributed by atoms with Crippen LogP contribution >= 0.6 is 0 Å². The van der Waals surface area contributed by atoms with E-state index in [0.29, 0.717) is 32.7 Å². The zero-order valence-corrected chi connectivity index (χ0v) is 13.1. The highest BCUT2D eigenvalue weighted by atomic mass is 16.5. The molecule has 0 radical (unpaired) electrons. The van der Waals surface area contributed by atoms with Crippen molar-refractivity contribution in [3.63, 3.8) is 0 Å². The average Bonchev–Trinajstić information content (AvgIpc) is 2.82. The fourth-order valence-electron chi connectivity index (χ4n) is 2.20. The zero-order chi connectivity index (χ0) is 15.9. The molecule has 1 fully saturated rings. The van der Waals surface area contributed by atoms with Crippen LogP contribution in [0.1, 0.15) is 19.8 Å². The number of aliphatic hydroxyl groups is 1. The van der Waals surface area contributed by atoms with Crippen molar-refractivity contribution in [3.8, 4) is 0 Å². The van der Waals surface area contributed by atoms with E-state index in [4.69, 9.17) is 9.47 Å². The normalized spacial score (nSPS) is 21.4. The van der Waals surface area contributed by atoms with Crippen molar-refractivity contribution in [2.75, 3.05) is 47.1 Å². The van der Waals surface area contributed by atoms with Gasteiger partial charge >= 0.3 is 0 Å². The summed E-state index contributed by atoms with van der Waals surface area (Å²) < 4.78 is 9.85. The van der Waals surface area contributed by atoms with E-state index in [1.165, 1.54) is 0 Å². The van der Waals surface area contributed by atoms with Crippen LogP contribution in [0.15, 0.2) is 0 Å². The van der Waals surface area contributed by atoms with E-state index in [9.17, 15) is 14.7 Å². The molecule has 0 spiro atoms. The lowest BCUT2D eigenvalue weighted by atomic mass is 10.0. The molecule has 2 amide bonds. The Morgan fingerprint density at radius 3 is 2.71 bits per heavy atom. The molecule has 1 heterocycles. The number of nitrogens with one attached hydrogen (secondary N) is 1. The minimum Gasteiger partial charge on any atom is -0.388 e. The summed E-state index contributed by atoms with van der Waals surface area (Å²) >= 11 is 0. The van der Waals surface area contributed by atoms with Gasteiger partial charge in [-0.2, -0.15) is 0 Å². The van der Waals surface area contributed by atoms with Gasteiger partial charge < -0.3 is 24.8 Å². The number of carbonyl (C=O) groups excluding carboxylic acids is 2. The van der Waals surface area contributed by atoms with E-state index >= 15 is 0 Å². The number of amides is 2. The largest absolute Gasteiger partial charge is 0.388 e. The summed E-state index contributed by atoms with van der Waals surface area (Å²) in [5.41, 5.74) is -1.01. The van der Waals surface area contributed by atoms with E-state index < -0.39 is 5.60 Å². The maximum atomic E-state index is 12.1. The lowest BCUT2D eigenvalue weighted by Gasteiger charge is -2.24. The minimum absolute atomic E-state index is 0.0293. The Morgan fingerprint density at radius 2 is 2.10 bits per heavy atom. The average molecular weight is 302 g/mol. The Balaban J connectivity index is 2.37. The van der Waals surface area contributed by atoms with Gasteiger partial charge in [-0.25, -0.2) is 0 Å². The number of likely N-dealkylation sites (tertiary alicyclic amines) is 1. The van der Waals surface area contributed by atoms with Crippen LogP contribution in [0.2, 0.25) is 0 Å². The molecule has 0 aromatic heterocycles. The van der Waals surface area contributed by atoms with Crippen LogP contribution in [0.4, 0.5) is 0 Å². The van der Waals surface area contributed by atoms with Gasteiger partial charge in [0.2, 0.25) is 11.8 Å². The molecule has 2 unspecified atom stereocenters. The van der Waals surface area contributed by atoms with Crippen molar-refractivity contribution in [2.45, 2.75) is 25.4 Å². The van der Waals surface area contributed by atoms with Gasteiger partial charge in [0, 0.05) is 53.3 Å². The summed E-state index contributed by atoms with van der Waals surface area (Å²) in [5.74, 6) is -0.577. The molecule has 0 saturated carbocycles. The van der Waals surface area contributed by atoms with Crippen LogP contribution in [0, 0.1) is 5.92 Å². The fourth-order valence-corrected chi connectivity index (χ4v) is 2.20. The van der Waals surface area contributed by atoms with Crippen molar-refractivity contribution in [3.05, 3.63) is 0 Å². The first kappa shape index (κ1) is 17.9. The highest BCUT2D eigenvalue weighted by Gasteiger charge is 2.34. The van der Waals surface area contributed by atoms with Crippen molar-refractivity contribution in [1.29, 1.82) is 0 Å². The molecular weight excluding hydrogens is 276 g/mol. The monoisotopic (exact) mass is 302 g/mol. The third-order valence-corrected chi connectivity index (χ3v) is 3.64. The molecule has 1 aliphatic heterocycles. The molecule has 1 saturated heterocycles. The van der Waals surface area contributed by atoms with Gasteiger partial charge in [0.05, 0.1) is 18.1 Å². The van der Waals surface area contributed by atoms with Crippen LogP contribution in [0.25, 0.3) is 0 Å². The topological polar surface area (TPSA) is 88.1 Å².